The van der Waals surface area contributed by atoms with Crippen LogP contribution in [-0.4, -0.2) is 23.5 Å². The summed E-state index contributed by atoms with van der Waals surface area (Å²) in [4.78, 5) is 12.2. The van der Waals surface area contributed by atoms with E-state index >= 15 is 0 Å². The van der Waals surface area contributed by atoms with E-state index in [1.807, 2.05) is 13.8 Å². The highest BCUT2D eigenvalue weighted by atomic mass is 16.8. The Labute approximate surface area is 114 Å². The third kappa shape index (κ3) is 1.34. The summed E-state index contributed by atoms with van der Waals surface area (Å²) in [5.41, 5.74) is -0.266. The first-order valence-corrected chi connectivity index (χ1v) is 7.65. The molecule has 3 saturated heterocycles. The second kappa shape index (κ2) is 3.53. The molecule has 4 heteroatoms. The molecule has 2 bridgehead atoms. The maximum Gasteiger partial charge on any atom is 0.225 e. The molecule has 0 unspecified atom stereocenters. The molecule has 1 aliphatic carbocycles. The quantitative estimate of drug-likeness (QED) is 0.729. The van der Waals surface area contributed by atoms with Gasteiger partial charge in [0.15, 0.2) is 12.0 Å². The molecule has 4 rings (SSSR count). The molecule has 0 aromatic rings. The van der Waals surface area contributed by atoms with E-state index in [0.717, 1.165) is 19.3 Å². The Morgan fingerprint density at radius 2 is 2.00 bits per heavy atom. The van der Waals surface area contributed by atoms with Crippen LogP contribution in [0.1, 0.15) is 46.5 Å². The Morgan fingerprint density at radius 1 is 1.21 bits per heavy atom. The van der Waals surface area contributed by atoms with Crippen molar-refractivity contribution in [2.24, 2.45) is 23.7 Å². The molecular weight excluding hydrogens is 242 g/mol. The van der Waals surface area contributed by atoms with Gasteiger partial charge in [-0.25, -0.2) is 0 Å². The summed E-state index contributed by atoms with van der Waals surface area (Å²) in [6.45, 7) is 6.41. The van der Waals surface area contributed by atoms with Gasteiger partial charge in [-0.1, -0.05) is 13.8 Å². The highest BCUT2D eigenvalue weighted by molar-refractivity contribution is 5.80. The van der Waals surface area contributed by atoms with Crippen LogP contribution >= 0.6 is 0 Å². The summed E-state index contributed by atoms with van der Waals surface area (Å²) in [6, 6.07) is 0. The number of ether oxygens (including phenoxy) is 2. The van der Waals surface area contributed by atoms with Crippen LogP contribution in [0.4, 0.5) is 0 Å². The Morgan fingerprint density at radius 3 is 2.79 bits per heavy atom. The van der Waals surface area contributed by atoms with E-state index < -0.39 is 5.79 Å². The van der Waals surface area contributed by atoms with Gasteiger partial charge in [-0.05, 0) is 38.0 Å². The minimum atomic E-state index is -0.492. The predicted octanol–water partition coefficient (Wildman–Crippen LogP) is 2.04. The van der Waals surface area contributed by atoms with Crippen molar-refractivity contribution in [3.8, 4) is 0 Å². The first-order valence-electron chi connectivity index (χ1n) is 7.65. The molecule has 1 saturated carbocycles. The molecule has 7 atom stereocenters. The van der Waals surface area contributed by atoms with Crippen molar-refractivity contribution in [2.45, 2.75) is 64.1 Å². The van der Waals surface area contributed by atoms with Crippen LogP contribution < -0.4 is 5.32 Å². The number of nitrogens with one attached hydrogen (secondary N) is 1. The summed E-state index contributed by atoms with van der Waals surface area (Å²) >= 11 is 0. The van der Waals surface area contributed by atoms with E-state index in [1.54, 1.807) is 0 Å². The van der Waals surface area contributed by atoms with E-state index in [9.17, 15) is 4.79 Å². The van der Waals surface area contributed by atoms with Crippen LogP contribution in [0, 0.1) is 23.7 Å². The molecule has 3 aliphatic heterocycles. The molecule has 1 N–H and O–H groups in total. The van der Waals surface area contributed by atoms with Gasteiger partial charge in [0.25, 0.3) is 0 Å². The van der Waals surface area contributed by atoms with Gasteiger partial charge >= 0.3 is 0 Å². The lowest BCUT2D eigenvalue weighted by Gasteiger charge is -2.57. The van der Waals surface area contributed by atoms with Gasteiger partial charge < -0.3 is 14.8 Å². The van der Waals surface area contributed by atoms with Gasteiger partial charge in [-0.3, -0.25) is 4.79 Å². The molecule has 4 aliphatic rings. The predicted molar refractivity (Wildman–Crippen MR) is 69.0 cm³/mol. The topological polar surface area (TPSA) is 47.6 Å². The maximum atomic E-state index is 12.2. The number of hydrogen-bond acceptors (Lipinski definition) is 3. The zero-order valence-electron chi connectivity index (χ0n) is 11.9. The fraction of sp³-hybridized carbons (Fsp3) is 0.933. The number of fused-ring (bicyclic) bond motifs is 1. The molecule has 1 amide bonds. The monoisotopic (exact) mass is 265 g/mol. The standard InChI is InChI=1S/C15H23NO3/c1-8-4-5-11-9(2)12(17)16-13-15(11)10(8)6-7-14(3,18-13)19-15/h8-11,13H,4-7H2,1-3H3,(H,16,17)/t8-,9-,10+,11+,13-,14-,15-/m1/s1. The highest BCUT2D eigenvalue weighted by Crippen LogP contribution is 2.61. The van der Waals surface area contributed by atoms with Crippen LogP contribution in [0.25, 0.3) is 0 Å². The zero-order valence-corrected chi connectivity index (χ0v) is 11.9. The molecule has 4 fully saturated rings. The normalized spacial score (nSPS) is 59.5. The third-order valence-corrected chi connectivity index (χ3v) is 6.15. The van der Waals surface area contributed by atoms with Gasteiger partial charge in [0.1, 0.15) is 5.60 Å². The van der Waals surface area contributed by atoms with Crippen LogP contribution in [0.2, 0.25) is 0 Å². The van der Waals surface area contributed by atoms with E-state index in [0.29, 0.717) is 17.8 Å². The van der Waals surface area contributed by atoms with Crippen molar-refractivity contribution in [1.29, 1.82) is 0 Å². The summed E-state index contributed by atoms with van der Waals surface area (Å²) in [5.74, 6) is 1.18. The van der Waals surface area contributed by atoms with E-state index in [-0.39, 0.29) is 23.7 Å². The number of amides is 1. The molecule has 106 valence electrons. The molecular formula is C15H23NO3. The largest absolute Gasteiger partial charge is 0.338 e. The van der Waals surface area contributed by atoms with Gasteiger partial charge in [0.2, 0.25) is 5.91 Å². The average molecular weight is 265 g/mol. The van der Waals surface area contributed by atoms with Crippen LogP contribution in [0.15, 0.2) is 0 Å². The molecule has 0 aromatic heterocycles. The second-order valence-electron chi connectivity index (χ2n) is 7.19. The average Bonchev–Trinajstić information content (AvgIpc) is 2.56. The van der Waals surface area contributed by atoms with Crippen molar-refractivity contribution < 1.29 is 14.3 Å². The van der Waals surface area contributed by atoms with Gasteiger partial charge in [0, 0.05) is 18.3 Å². The highest BCUT2D eigenvalue weighted by Gasteiger charge is 2.70. The number of hydrogen-bond donors (Lipinski definition) is 1. The van der Waals surface area contributed by atoms with E-state index in [4.69, 9.17) is 9.47 Å². The minimum absolute atomic E-state index is 0.0373. The van der Waals surface area contributed by atoms with Gasteiger partial charge in [0.05, 0.1) is 0 Å². The molecule has 1 spiro atoms. The fourth-order valence-corrected chi connectivity index (χ4v) is 5.19. The number of piperidine rings is 1. The van der Waals surface area contributed by atoms with Crippen molar-refractivity contribution in [1.82, 2.24) is 5.32 Å². The van der Waals surface area contributed by atoms with Crippen molar-refractivity contribution in [2.75, 3.05) is 0 Å². The summed E-state index contributed by atoms with van der Waals surface area (Å²) in [6.07, 6.45) is 4.16. The smallest absolute Gasteiger partial charge is 0.225 e. The van der Waals surface area contributed by atoms with Gasteiger partial charge in [-0.2, -0.15) is 0 Å². The molecule has 0 aromatic carbocycles. The van der Waals surface area contributed by atoms with Crippen LogP contribution in [0.3, 0.4) is 0 Å². The lowest BCUT2D eigenvalue weighted by atomic mass is 9.56. The van der Waals surface area contributed by atoms with Crippen molar-refractivity contribution >= 4 is 5.91 Å². The van der Waals surface area contributed by atoms with Crippen LogP contribution in [0.5, 0.6) is 0 Å². The Kier molecular flexibility index (Phi) is 2.26. The van der Waals surface area contributed by atoms with Crippen molar-refractivity contribution in [3.63, 3.8) is 0 Å². The van der Waals surface area contributed by atoms with E-state index in [1.165, 1.54) is 6.42 Å². The summed E-state index contributed by atoms with van der Waals surface area (Å²) < 4.78 is 12.6. The lowest BCUT2D eigenvalue weighted by molar-refractivity contribution is -0.251. The van der Waals surface area contributed by atoms with Crippen LogP contribution in [-0.2, 0) is 14.3 Å². The number of carbonyl (C=O) groups excluding carboxylic acids is 1. The number of carbonyl (C=O) groups is 1. The Balaban J connectivity index is 1.84. The first-order chi connectivity index (χ1) is 8.96. The Hall–Kier alpha value is -0.610. The van der Waals surface area contributed by atoms with Crippen molar-refractivity contribution in [3.05, 3.63) is 0 Å². The first kappa shape index (κ1) is 12.2. The second-order valence-corrected chi connectivity index (χ2v) is 7.19. The molecule has 3 heterocycles. The fourth-order valence-electron chi connectivity index (χ4n) is 5.19. The lowest BCUT2D eigenvalue weighted by Crippen LogP contribution is -2.69. The number of rotatable bonds is 0. The third-order valence-electron chi connectivity index (χ3n) is 6.15. The molecule has 19 heavy (non-hydrogen) atoms. The maximum absolute atomic E-state index is 12.2. The van der Waals surface area contributed by atoms with E-state index in [2.05, 4.69) is 12.2 Å². The SMILES string of the molecule is C[C@@H]1CC[C@H]2[C@@H](C)C(=O)N[C@@H]3O[C@@]4(C)CC[C@@H]1[C@]32O4. The molecule has 4 nitrogen and oxygen atoms in total. The molecule has 0 radical (unpaired) electrons. The summed E-state index contributed by atoms with van der Waals surface area (Å²) in [5, 5.41) is 3.08. The zero-order chi connectivity index (χ0) is 13.4. The Bertz CT molecular complexity index is 439. The minimum Gasteiger partial charge on any atom is -0.338 e. The van der Waals surface area contributed by atoms with Gasteiger partial charge in [-0.15, -0.1) is 0 Å². The summed E-state index contributed by atoms with van der Waals surface area (Å²) in [7, 11) is 0.